The average molecular weight is 288 g/mol. The number of carbonyl (C=O) groups is 3. The molecule has 1 aromatic carbocycles. The summed E-state index contributed by atoms with van der Waals surface area (Å²) >= 11 is 0. The molecule has 0 unspecified atom stereocenters. The number of hydrogen-bond donors (Lipinski definition) is 1. The third-order valence-corrected chi connectivity index (χ3v) is 3.50. The zero-order valence-electron chi connectivity index (χ0n) is 12.6. The highest BCUT2D eigenvalue weighted by Crippen LogP contribution is 2.31. The third kappa shape index (κ3) is 3.12. The van der Waals surface area contributed by atoms with Crippen LogP contribution < -0.4 is 10.2 Å². The van der Waals surface area contributed by atoms with Crippen LogP contribution in [-0.2, 0) is 20.8 Å². The van der Waals surface area contributed by atoms with Crippen LogP contribution in [0.2, 0.25) is 0 Å². The lowest BCUT2D eigenvalue weighted by molar-refractivity contribution is -0.136. The summed E-state index contributed by atoms with van der Waals surface area (Å²) in [5, 5.41) is 2.82. The molecule has 1 aliphatic rings. The van der Waals surface area contributed by atoms with E-state index in [0.717, 1.165) is 5.56 Å². The normalized spacial score (nSPS) is 17.3. The highest BCUT2D eigenvalue weighted by molar-refractivity contribution is 6.41. The molecule has 5 heteroatoms. The number of ketones is 1. The van der Waals surface area contributed by atoms with Crippen molar-refractivity contribution in [2.75, 3.05) is 4.90 Å². The molecule has 0 fully saturated rings. The minimum atomic E-state index is -0.633. The van der Waals surface area contributed by atoms with Crippen molar-refractivity contribution in [1.29, 1.82) is 0 Å². The number of fused-ring (bicyclic) bond motifs is 1. The van der Waals surface area contributed by atoms with E-state index in [1.165, 1.54) is 11.8 Å². The second-order valence-electron chi connectivity index (χ2n) is 5.58. The van der Waals surface area contributed by atoms with Crippen LogP contribution in [0, 0.1) is 0 Å². The predicted octanol–water partition coefficient (Wildman–Crippen LogP) is 1.45. The number of amides is 2. The van der Waals surface area contributed by atoms with Crippen molar-refractivity contribution in [1.82, 2.24) is 5.32 Å². The summed E-state index contributed by atoms with van der Waals surface area (Å²) in [6, 6.07) is 6.77. The van der Waals surface area contributed by atoms with Crippen molar-refractivity contribution >= 4 is 23.3 Å². The number of anilines is 1. The number of Topliss-reactive ketones (excluding diaryl/α,β-unsaturated/α-hetero) is 1. The van der Waals surface area contributed by atoms with Crippen molar-refractivity contribution in [3.05, 3.63) is 29.8 Å². The first kappa shape index (κ1) is 15.2. The zero-order chi connectivity index (χ0) is 15.6. The monoisotopic (exact) mass is 288 g/mol. The van der Waals surface area contributed by atoms with Crippen molar-refractivity contribution < 1.29 is 14.4 Å². The fraction of sp³-hybridized carbons (Fsp3) is 0.438. The van der Waals surface area contributed by atoms with Gasteiger partial charge in [-0.1, -0.05) is 18.2 Å². The topological polar surface area (TPSA) is 66.5 Å². The number of nitrogens with zero attached hydrogens (tertiary/aromatic N) is 1. The van der Waals surface area contributed by atoms with Crippen molar-refractivity contribution in [3.8, 4) is 0 Å². The molecule has 1 atom stereocenters. The molecule has 0 aromatic heterocycles. The fourth-order valence-electron chi connectivity index (χ4n) is 2.60. The van der Waals surface area contributed by atoms with E-state index in [4.69, 9.17) is 0 Å². The number of rotatable bonds is 3. The molecule has 0 radical (unpaired) electrons. The Labute approximate surface area is 124 Å². The minimum Gasteiger partial charge on any atom is -0.352 e. The van der Waals surface area contributed by atoms with Crippen LogP contribution in [0.4, 0.5) is 5.69 Å². The highest BCUT2D eigenvalue weighted by Gasteiger charge is 2.36. The van der Waals surface area contributed by atoms with E-state index in [9.17, 15) is 14.4 Å². The number of hydrogen-bond acceptors (Lipinski definition) is 3. The maximum absolute atomic E-state index is 12.3. The van der Waals surface area contributed by atoms with Gasteiger partial charge in [-0.15, -0.1) is 0 Å². The van der Waals surface area contributed by atoms with Gasteiger partial charge in [0.15, 0.2) is 0 Å². The van der Waals surface area contributed by atoms with Gasteiger partial charge in [0.05, 0.1) is 0 Å². The number of aryl methyl sites for hydroxylation is 1. The van der Waals surface area contributed by atoms with Crippen molar-refractivity contribution in [2.24, 2.45) is 0 Å². The van der Waals surface area contributed by atoms with Gasteiger partial charge in [0, 0.05) is 18.7 Å². The molecule has 0 bridgehead atoms. The van der Waals surface area contributed by atoms with Crippen LogP contribution in [0.25, 0.3) is 0 Å². The SMILES string of the molecule is CC(=O)C(=O)N1c2ccccc2CC[C@H]1C(=O)NC(C)C. The van der Waals surface area contributed by atoms with Gasteiger partial charge in [-0.05, 0) is 38.3 Å². The molecule has 21 heavy (non-hydrogen) atoms. The Bertz CT molecular complexity index is 581. The first-order valence-corrected chi connectivity index (χ1v) is 7.14. The van der Waals surface area contributed by atoms with Crippen LogP contribution in [-0.4, -0.2) is 29.7 Å². The lowest BCUT2D eigenvalue weighted by atomic mass is 9.94. The maximum Gasteiger partial charge on any atom is 0.294 e. The molecule has 5 nitrogen and oxygen atoms in total. The first-order chi connectivity index (χ1) is 9.91. The van der Waals surface area contributed by atoms with E-state index >= 15 is 0 Å². The Morgan fingerprint density at radius 2 is 1.90 bits per heavy atom. The molecule has 0 saturated carbocycles. The minimum absolute atomic E-state index is 0.0102. The van der Waals surface area contributed by atoms with Gasteiger partial charge >= 0.3 is 0 Å². The third-order valence-electron chi connectivity index (χ3n) is 3.50. The molecule has 1 aromatic rings. The number of benzene rings is 1. The molecular weight excluding hydrogens is 268 g/mol. The molecule has 1 heterocycles. The maximum atomic E-state index is 12.3. The molecule has 2 rings (SSSR count). The summed E-state index contributed by atoms with van der Waals surface area (Å²) < 4.78 is 0. The van der Waals surface area contributed by atoms with Gasteiger partial charge < -0.3 is 5.32 Å². The molecule has 0 aliphatic carbocycles. The Hall–Kier alpha value is -2.17. The van der Waals surface area contributed by atoms with E-state index in [0.29, 0.717) is 18.5 Å². The van der Waals surface area contributed by atoms with Gasteiger partial charge in [-0.25, -0.2) is 0 Å². The van der Waals surface area contributed by atoms with Gasteiger partial charge in [0.1, 0.15) is 6.04 Å². The largest absolute Gasteiger partial charge is 0.352 e. The molecular formula is C16H20N2O3. The molecule has 1 N–H and O–H groups in total. The molecule has 1 aliphatic heterocycles. The standard InChI is InChI=1S/C16H20N2O3/c1-10(2)17-15(20)14-9-8-12-6-4-5-7-13(12)18(14)16(21)11(3)19/h4-7,10,14H,8-9H2,1-3H3,(H,17,20)/t14-/m0/s1. The molecule has 0 saturated heterocycles. The van der Waals surface area contributed by atoms with Crippen molar-refractivity contribution in [2.45, 2.75) is 45.7 Å². The molecule has 112 valence electrons. The quantitative estimate of drug-likeness (QED) is 0.856. The fourth-order valence-corrected chi connectivity index (χ4v) is 2.60. The van der Waals surface area contributed by atoms with Crippen LogP contribution in [0.3, 0.4) is 0 Å². The number of carbonyl (C=O) groups excluding carboxylic acids is 3. The van der Waals surface area contributed by atoms with Gasteiger partial charge in [0.2, 0.25) is 11.7 Å². The van der Waals surface area contributed by atoms with Gasteiger partial charge in [-0.3, -0.25) is 19.3 Å². The van der Waals surface area contributed by atoms with Crippen LogP contribution in [0.15, 0.2) is 24.3 Å². The Morgan fingerprint density at radius 1 is 1.24 bits per heavy atom. The summed E-state index contributed by atoms with van der Waals surface area (Å²) in [4.78, 5) is 37.5. The molecule has 2 amide bonds. The van der Waals surface area contributed by atoms with E-state index in [1.807, 2.05) is 32.0 Å². The van der Waals surface area contributed by atoms with Gasteiger partial charge in [0.25, 0.3) is 5.91 Å². The average Bonchev–Trinajstić information content (AvgIpc) is 2.44. The van der Waals surface area contributed by atoms with E-state index in [-0.39, 0.29) is 11.9 Å². The Morgan fingerprint density at radius 3 is 2.52 bits per heavy atom. The van der Waals surface area contributed by atoms with E-state index in [2.05, 4.69) is 5.32 Å². The van der Waals surface area contributed by atoms with E-state index < -0.39 is 17.7 Å². The summed E-state index contributed by atoms with van der Waals surface area (Å²) in [5.41, 5.74) is 1.65. The first-order valence-electron chi connectivity index (χ1n) is 7.14. The second-order valence-corrected chi connectivity index (χ2v) is 5.58. The lowest BCUT2D eigenvalue weighted by Gasteiger charge is -2.36. The van der Waals surface area contributed by atoms with Gasteiger partial charge in [-0.2, -0.15) is 0 Å². The van der Waals surface area contributed by atoms with Crippen LogP contribution >= 0.6 is 0 Å². The van der Waals surface area contributed by atoms with Crippen LogP contribution in [0.1, 0.15) is 32.8 Å². The lowest BCUT2D eigenvalue weighted by Crippen LogP contribution is -2.54. The summed E-state index contributed by atoms with van der Waals surface area (Å²) in [6.45, 7) is 4.97. The highest BCUT2D eigenvalue weighted by atomic mass is 16.2. The number of nitrogens with one attached hydrogen (secondary N) is 1. The molecule has 0 spiro atoms. The smallest absolute Gasteiger partial charge is 0.294 e. The van der Waals surface area contributed by atoms with Crippen molar-refractivity contribution in [3.63, 3.8) is 0 Å². The summed E-state index contributed by atoms with van der Waals surface area (Å²) in [7, 11) is 0. The Balaban J connectivity index is 2.40. The Kier molecular flexibility index (Phi) is 4.40. The predicted molar refractivity (Wildman–Crippen MR) is 80.0 cm³/mol. The summed E-state index contributed by atoms with van der Waals surface area (Å²) in [6.07, 6.45) is 1.24. The van der Waals surface area contributed by atoms with E-state index in [1.54, 1.807) is 6.07 Å². The second kappa shape index (κ2) is 6.08. The zero-order valence-corrected chi connectivity index (χ0v) is 12.6. The number of para-hydroxylation sites is 1. The summed E-state index contributed by atoms with van der Waals surface area (Å²) in [5.74, 6) is -1.41. The van der Waals surface area contributed by atoms with Crippen LogP contribution in [0.5, 0.6) is 0 Å².